The van der Waals surface area contributed by atoms with Crippen LogP contribution in [-0.2, 0) is 10.0 Å². The van der Waals surface area contributed by atoms with Crippen LogP contribution in [0.4, 0.5) is 5.69 Å². The van der Waals surface area contributed by atoms with Crippen LogP contribution >= 0.6 is 27.3 Å². The van der Waals surface area contributed by atoms with Gasteiger partial charge >= 0.3 is 0 Å². The molecule has 0 unspecified atom stereocenters. The zero-order chi connectivity index (χ0) is 16.3. The Bertz CT molecular complexity index is 912. The number of nitrogens with one attached hydrogen (secondary N) is 2. The van der Waals surface area contributed by atoms with E-state index in [1.807, 2.05) is 24.3 Å². The molecule has 0 atom stereocenters. The van der Waals surface area contributed by atoms with E-state index in [0.717, 1.165) is 21.1 Å². The lowest BCUT2D eigenvalue weighted by molar-refractivity contribution is 0.585. The van der Waals surface area contributed by atoms with Crippen LogP contribution in [0.15, 0.2) is 56.7 Å². The summed E-state index contributed by atoms with van der Waals surface area (Å²) in [5.74, 6) is 0. The Balaban J connectivity index is 1.63. The van der Waals surface area contributed by atoms with Crippen LogP contribution in [0.2, 0.25) is 0 Å². The molecule has 0 spiro atoms. The molecule has 2 aromatic heterocycles. The lowest BCUT2D eigenvalue weighted by Crippen LogP contribution is -2.28. The summed E-state index contributed by atoms with van der Waals surface area (Å²) in [7, 11) is -3.41. The summed E-state index contributed by atoms with van der Waals surface area (Å²) in [6.07, 6.45) is 1.73. The maximum absolute atomic E-state index is 12.0. The molecule has 0 fully saturated rings. The fourth-order valence-electron chi connectivity index (χ4n) is 2.15. The molecule has 5 nitrogen and oxygen atoms in total. The number of aromatic nitrogens is 1. The molecular formula is C15H14BrN3O2S2. The van der Waals surface area contributed by atoms with Crippen molar-refractivity contribution in [3.8, 4) is 0 Å². The third-order valence-electron chi connectivity index (χ3n) is 3.20. The van der Waals surface area contributed by atoms with E-state index in [4.69, 9.17) is 0 Å². The van der Waals surface area contributed by atoms with Crippen molar-refractivity contribution in [1.29, 1.82) is 0 Å². The third kappa shape index (κ3) is 3.89. The summed E-state index contributed by atoms with van der Waals surface area (Å²) in [6, 6.07) is 11.1. The molecule has 0 aliphatic carbocycles. The standard InChI is InChI=1S/C15H14BrN3O2S2/c16-11-3-4-12-13(5-6-17-14(12)10-11)18-7-8-19-23(20,21)15-2-1-9-22-15/h1-6,9-10,19H,7-8H2,(H,17,18). The van der Waals surface area contributed by atoms with Gasteiger partial charge in [0.25, 0.3) is 0 Å². The number of halogens is 1. The van der Waals surface area contributed by atoms with Crippen molar-refractivity contribution in [2.45, 2.75) is 4.21 Å². The number of sulfonamides is 1. The quantitative estimate of drug-likeness (QED) is 0.609. The fraction of sp³-hybridized carbons (Fsp3) is 0.133. The first-order valence-corrected chi connectivity index (χ1v) is 10.0. The minimum absolute atomic E-state index is 0.306. The molecule has 0 aliphatic heterocycles. The average molecular weight is 412 g/mol. The Labute approximate surface area is 146 Å². The van der Waals surface area contributed by atoms with Gasteiger partial charge in [-0.05, 0) is 35.7 Å². The second kappa shape index (κ2) is 6.96. The molecule has 8 heteroatoms. The number of nitrogens with zero attached hydrogens (tertiary/aromatic N) is 1. The summed E-state index contributed by atoms with van der Waals surface area (Å²) in [5, 5.41) is 5.99. The smallest absolute Gasteiger partial charge is 0.250 e. The SMILES string of the molecule is O=S(=O)(NCCNc1ccnc2cc(Br)ccc12)c1cccs1. The van der Waals surface area contributed by atoms with Gasteiger partial charge < -0.3 is 5.32 Å². The van der Waals surface area contributed by atoms with Crippen LogP contribution in [-0.4, -0.2) is 26.5 Å². The first-order valence-electron chi connectivity index (χ1n) is 6.87. The van der Waals surface area contributed by atoms with E-state index in [1.165, 1.54) is 11.3 Å². The number of hydrogen-bond donors (Lipinski definition) is 2. The van der Waals surface area contributed by atoms with Crippen LogP contribution in [0.3, 0.4) is 0 Å². The maximum atomic E-state index is 12.0. The van der Waals surface area contributed by atoms with Gasteiger partial charge in [0, 0.05) is 34.8 Å². The molecule has 2 heterocycles. The zero-order valence-corrected chi connectivity index (χ0v) is 15.2. The number of fused-ring (bicyclic) bond motifs is 1. The predicted molar refractivity (Wildman–Crippen MR) is 97.4 cm³/mol. The summed E-state index contributed by atoms with van der Waals surface area (Å²) in [4.78, 5) is 4.32. The van der Waals surface area contributed by atoms with E-state index < -0.39 is 10.0 Å². The maximum Gasteiger partial charge on any atom is 0.250 e. The Kier molecular flexibility index (Phi) is 4.96. The molecule has 0 saturated carbocycles. The zero-order valence-electron chi connectivity index (χ0n) is 12.0. The second-order valence-electron chi connectivity index (χ2n) is 4.78. The number of hydrogen-bond acceptors (Lipinski definition) is 5. The molecule has 0 amide bonds. The number of benzene rings is 1. The highest BCUT2D eigenvalue weighted by Crippen LogP contribution is 2.24. The van der Waals surface area contributed by atoms with Gasteiger partial charge in [0.05, 0.1) is 5.52 Å². The normalized spacial score (nSPS) is 11.7. The highest BCUT2D eigenvalue weighted by atomic mass is 79.9. The van der Waals surface area contributed by atoms with Crippen molar-refractivity contribution >= 4 is 53.9 Å². The van der Waals surface area contributed by atoms with Gasteiger partial charge in [0.15, 0.2) is 0 Å². The van der Waals surface area contributed by atoms with Gasteiger partial charge in [0.1, 0.15) is 4.21 Å². The first kappa shape index (κ1) is 16.4. The van der Waals surface area contributed by atoms with Crippen molar-refractivity contribution in [2.24, 2.45) is 0 Å². The molecule has 120 valence electrons. The van der Waals surface area contributed by atoms with Crippen molar-refractivity contribution in [2.75, 3.05) is 18.4 Å². The van der Waals surface area contributed by atoms with Crippen LogP contribution < -0.4 is 10.0 Å². The Morgan fingerprint density at radius 2 is 2.04 bits per heavy atom. The van der Waals surface area contributed by atoms with Crippen molar-refractivity contribution in [3.05, 3.63) is 52.4 Å². The lowest BCUT2D eigenvalue weighted by atomic mass is 10.2. The number of rotatable bonds is 6. The van der Waals surface area contributed by atoms with Crippen molar-refractivity contribution in [3.63, 3.8) is 0 Å². The Morgan fingerprint density at radius 1 is 1.17 bits per heavy atom. The van der Waals surface area contributed by atoms with Crippen LogP contribution in [0.1, 0.15) is 0 Å². The van der Waals surface area contributed by atoms with E-state index >= 15 is 0 Å². The highest BCUT2D eigenvalue weighted by Gasteiger charge is 2.13. The third-order valence-corrected chi connectivity index (χ3v) is 6.55. The molecular weight excluding hydrogens is 398 g/mol. The van der Waals surface area contributed by atoms with Crippen LogP contribution in [0, 0.1) is 0 Å². The molecule has 3 rings (SSSR count). The molecule has 0 saturated heterocycles. The largest absolute Gasteiger partial charge is 0.383 e. The number of pyridine rings is 1. The Hall–Kier alpha value is -1.48. The van der Waals surface area contributed by atoms with E-state index in [0.29, 0.717) is 17.3 Å². The van der Waals surface area contributed by atoms with Gasteiger partial charge in [-0.15, -0.1) is 11.3 Å². The molecule has 0 radical (unpaired) electrons. The fourth-order valence-corrected chi connectivity index (χ4v) is 4.56. The number of thiophene rings is 1. The summed E-state index contributed by atoms with van der Waals surface area (Å²) < 4.78 is 27.9. The highest BCUT2D eigenvalue weighted by molar-refractivity contribution is 9.10. The molecule has 1 aromatic carbocycles. The van der Waals surface area contributed by atoms with E-state index in [1.54, 1.807) is 23.7 Å². The summed E-state index contributed by atoms with van der Waals surface area (Å²) in [6.45, 7) is 0.792. The van der Waals surface area contributed by atoms with Crippen LogP contribution in [0.5, 0.6) is 0 Å². The van der Waals surface area contributed by atoms with Gasteiger partial charge in [-0.25, -0.2) is 13.1 Å². The topological polar surface area (TPSA) is 71.1 Å². The predicted octanol–water partition coefficient (Wildman–Crippen LogP) is 3.45. The molecule has 23 heavy (non-hydrogen) atoms. The Morgan fingerprint density at radius 3 is 2.83 bits per heavy atom. The molecule has 3 aromatic rings. The second-order valence-corrected chi connectivity index (χ2v) is 8.63. The van der Waals surface area contributed by atoms with Crippen molar-refractivity contribution < 1.29 is 8.42 Å². The summed E-state index contributed by atoms with van der Waals surface area (Å²) >= 11 is 4.63. The van der Waals surface area contributed by atoms with E-state index in [2.05, 4.69) is 31.0 Å². The van der Waals surface area contributed by atoms with Gasteiger partial charge in [0.2, 0.25) is 10.0 Å². The minimum atomic E-state index is -3.41. The first-order chi connectivity index (χ1) is 11.1. The molecule has 0 aliphatic rings. The van der Waals surface area contributed by atoms with E-state index in [-0.39, 0.29) is 0 Å². The lowest BCUT2D eigenvalue weighted by Gasteiger charge is -2.10. The number of anilines is 1. The van der Waals surface area contributed by atoms with Gasteiger partial charge in [-0.3, -0.25) is 4.98 Å². The average Bonchev–Trinajstić information content (AvgIpc) is 3.06. The monoisotopic (exact) mass is 411 g/mol. The van der Waals surface area contributed by atoms with Gasteiger partial charge in [-0.2, -0.15) is 0 Å². The van der Waals surface area contributed by atoms with E-state index in [9.17, 15) is 8.42 Å². The summed E-state index contributed by atoms with van der Waals surface area (Å²) in [5.41, 5.74) is 1.81. The molecule has 2 N–H and O–H groups in total. The van der Waals surface area contributed by atoms with Crippen molar-refractivity contribution in [1.82, 2.24) is 9.71 Å². The van der Waals surface area contributed by atoms with Gasteiger partial charge in [-0.1, -0.05) is 22.0 Å². The van der Waals surface area contributed by atoms with Crippen LogP contribution in [0.25, 0.3) is 10.9 Å². The molecule has 0 bridgehead atoms. The minimum Gasteiger partial charge on any atom is -0.383 e.